The van der Waals surface area contributed by atoms with Gasteiger partial charge in [0.1, 0.15) is 11.6 Å². The molecule has 2 aromatic rings. The highest BCUT2D eigenvalue weighted by Gasteiger charge is 1.99. The Hall–Kier alpha value is -1.84. The van der Waals surface area contributed by atoms with E-state index in [-0.39, 0.29) is 11.6 Å². The minimum absolute atomic E-state index is 0.273. The summed E-state index contributed by atoms with van der Waals surface area (Å²) in [6.07, 6.45) is 0. The van der Waals surface area contributed by atoms with E-state index in [2.05, 4.69) is 0 Å². The minimum atomic E-state index is -0.297. The fraction of sp³-hybridized carbons (Fsp3) is 0. The first-order chi connectivity index (χ1) is 7.74. The van der Waals surface area contributed by atoms with Crippen LogP contribution in [-0.4, -0.2) is 7.48 Å². The lowest BCUT2D eigenvalue weighted by atomic mass is 9.88. The van der Waals surface area contributed by atoms with E-state index in [0.717, 1.165) is 5.46 Å². The predicted molar refractivity (Wildman–Crippen MR) is 60.2 cm³/mol. The summed E-state index contributed by atoms with van der Waals surface area (Å²) in [6, 6.07) is 11.8. The summed E-state index contributed by atoms with van der Waals surface area (Å²) >= 11 is 0. The molecule has 0 radical (unpaired) electrons. The smallest absolute Gasteiger partial charge is 0.373 e. The summed E-state index contributed by atoms with van der Waals surface area (Å²) in [5, 5.41) is 0. The van der Waals surface area contributed by atoms with Crippen molar-refractivity contribution >= 4 is 12.9 Å². The number of hydrogen-bond donors (Lipinski definition) is 0. The Labute approximate surface area is 93.0 Å². The second-order valence-corrected chi connectivity index (χ2v) is 3.37. The molecule has 0 aliphatic carbocycles. The number of halogens is 2. The van der Waals surface area contributed by atoms with Gasteiger partial charge in [-0.2, -0.15) is 0 Å². The maximum atomic E-state index is 12.6. The van der Waals surface area contributed by atoms with Crippen LogP contribution >= 0.6 is 0 Å². The third kappa shape index (κ3) is 2.83. The maximum absolute atomic E-state index is 12.6. The molecule has 0 amide bonds. The van der Waals surface area contributed by atoms with Crippen LogP contribution in [0.4, 0.5) is 8.78 Å². The monoisotopic (exact) mass is 218 g/mol. The zero-order valence-corrected chi connectivity index (χ0v) is 8.49. The summed E-state index contributed by atoms with van der Waals surface area (Å²) in [7, 11) is 0.339. The van der Waals surface area contributed by atoms with Crippen molar-refractivity contribution in [3.63, 3.8) is 0 Å². The maximum Gasteiger partial charge on any atom is 0.373 e. The van der Waals surface area contributed by atoms with Crippen LogP contribution in [0.2, 0.25) is 0 Å². The Morgan fingerprint density at radius 3 is 1.81 bits per heavy atom. The summed E-state index contributed by atoms with van der Waals surface area (Å²) in [6.45, 7) is 0. The molecule has 80 valence electrons. The number of benzene rings is 2. The molecule has 4 heteroatoms. The lowest BCUT2D eigenvalue weighted by Crippen LogP contribution is -2.19. The Bertz CT molecular complexity index is 408. The average Bonchev–Trinajstić information content (AvgIpc) is 2.30. The molecule has 0 heterocycles. The Kier molecular flexibility index (Phi) is 3.20. The fourth-order valence-electron chi connectivity index (χ4n) is 1.28. The number of rotatable bonds is 3. The van der Waals surface area contributed by atoms with Gasteiger partial charge in [-0.1, -0.05) is 12.1 Å². The van der Waals surface area contributed by atoms with Crippen LogP contribution in [0.5, 0.6) is 5.75 Å². The van der Waals surface area contributed by atoms with Crippen molar-refractivity contribution < 1.29 is 13.4 Å². The van der Waals surface area contributed by atoms with Gasteiger partial charge in [0.2, 0.25) is 0 Å². The molecule has 0 N–H and O–H groups in total. The molecule has 0 aliphatic rings. The molecule has 0 aliphatic heterocycles. The quantitative estimate of drug-likeness (QED) is 0.716. The van der Waals surface area contributed by atoms with E-state index >= 15 is 0 Å². The minimum Gasteiger partial charge on any atom is -0.559 e. The van der Waals surface area contributed by atoms with Gasteiger partial charge < -0.3 is 4.65 Å². The van der Waals surface area contributed by atoms with Crippen LogP contribution in [0.25, 0.3) is 0 Å². The molecule has 0 saturated heterocycles. The molecule has 16 heavy (non-hydrogen) atoms. The highest BCUT2D eigenvalue weighted by Crippen LogP contribution is 2.10. The van der Waals surface area contributed by atoms with E-state index in [9.17, 15) is 8.78 Å². The molecule has 2 rings (SSSR count). The predicted octanol–water partition coefficient (Wildman–Crippen LogP) is 2.02. The molecule has 0 bridgehead atoms. The molecule has 0 atom stereocenters. The van der Waals surface area contributed by atoms with Crippen LogP contribution < -0.4 is 10.1 Å². The Balaban J connectivity index is 1.97. The first-order valence-corrected chi connectivity index (χ1v) is 4.87. The summed E-state index contributed by atoms with van der Waals surface area (Å²) in [5.74, 6) is 0.0189. The normalized spacial score (nSPS) is 9.88. The van der Waals surface area contributed by atoms with Crippen LogP contribution in [0.15, 0.2) is 48.5 Å². The fourth-order valence-corrected chi connectivity index (χ4v) is 1.28. The van der Waals surface area contributed by atoms with E-state index < -0.39 is 0 Å². The van der Waals surface area contributed by atoms with Crippen LogP contribution in [0.1, 0.15) is 0 Å². The molecule has 0 aromatic heterocycles. The highest BCUT2D eigenvalue weighted by atomic mass is 19.1. The summed E-state index contributed by atoms with van der Waals surface area (Å²) in [5.41, 5.74) is 0.866. The molecule has 0 fully saturated rings. The van der Waals surface area contributed by atoms with Gasteiger partial charge in [-0.05, 0) is 41.9 Å². The number of hydrogen-bond acceptors (Lipinski definition) is 1. The Morgan fingerprint density at radius 1 is 0.750 bits per heavy atom. The lowest BCUT2D eigenvalue weighted by molar-refractivity contribution is 0.591. The van der Waals surface area contributed by atoms with Gasteiger partial charge >= 0.3 is 7.48 Å². The van der Waals surface area contributed by atoms with Gasteiger partial charge in [-0.3, -0.25) is 0 Å². The first kappa shape index (κ1) is 10.7. The van der Waals surface area contributed by atoms with Crippen molar-refractivity contribution in [3.05, 3.63) is 60.2 Å². The molecule has 0 unspecified atom stereocenters. The van der Waals surface area contributed by atoms with E-state index in [0.29, 0.717) is 13.2 Å². The molecule has 1 nitrogen and oxygen atoms in total. The Morgan fingerprint density at radius 2 is 1.25 bits per heavy atom. The molecular weight excluding hydrogens is 209 g/mol. The van der Waals surface area contributed by atoms with Crippen molar-refractivity contribution in [2.75, 3.05) is 0 Å². The second-order valence-electron chi connectivity index (χ2n) is 3.37. The molecule has 0 spiro atoms. The lowest BCUT2D eigenvalue weighted by Gasteiger charge is -2.04. The average molecular weight is 218 g/mol. The third-order valence-electron chi connectivity index (χ3n) is 2.13. The van der Waals surface area contributed by atoms with E-state index in [1.165, 1.54) is 24.3 Å². The second kappa shape index (κ2) is 4.79. The van der Waals surface area contributed by atoms with Crippen molar-refractivity contribution in [1.82, 2.24) is 0 Å². The third-order valence-corrected chi connectivity index (χ3v) is 2.13. The molecule has 0 saturated carbocycles. The largest absolute Gasteiger partial charge is 0.559 e. The zero-order valence-electron chi connectivity index (χ0n) is 8.49. The topological polar surface area (TPSA) is 9.23 Å². The van der Waals surface area contributed by atoms with Crippen molar-refractivity contribution in [2.45, 2.75) is 0 Å². The van der Waals surface area contributed by atoms with Gasteiger partial charge in [0.05, 0.1) is 5.75 Å². The van der Waals surface area contributed by atoms with Gasteiger partial charge in [0, 0.05) is 0 Å². The van der Waals surface area contributed by atoms with E-state index in [1.54, 1.807) is 24.3 Å². The van der Waals surface area contributed by atoms with Gasteiger partial charge in [-0.15, -0.1) is 0 Å². The van der Waals surface area contributed by atoms with Crippen LogP contribution in [0.3, 0.4) is 0 Å². The summed E-state index contributed by atoms with van der Waals surface area (Å²) < 4.78 is 30.6. The SMILES string of the molecule is Fc1ccc(BOc2ccc(F)cc2)cc1. The van der Waals surface area contributed by atoms with Crippen molar-refractivity contribution in [3.8, 4) is 5.75 Å². The van der Waals surface area contributed by atoms with E-state index in [4.69, 9.17) is 4.65 Å². The first-order valence-electron chi connectivity index (χ1n) is 4.87. The van der Waals surface area contributed by atoms with Gasteiger partial charge in [0.15, 0.2) is 0 Å². The van der Waals surface area contributed by atoms with E-state index in [1.807, 2.05) is 0 Å². The molecule has 2 aromatic carbocycles. The highest BCUT2D eigenvalue weighted by molar-refractivity contribution is 6.47. The van der Waals surface area contributed by atoms with Crippen LogP contribution in [0, 0.1) is 11.6 Å². The van der Waals surface area contributed by atoms with Crippen molar-refractivity contribution in [2.24, 2.45) is 0 Å². The summed E-state index contributed by atoms with van der Waals surface area (Å²) in [4.78, 5) is 0. The van der Waals surface area contributed by atoms with Gasteiger partial charge in [-0.25, -0.2) is 8.78 Å². The van der Waals surface area contributed by atoms with Crippen molar-refractivity contribution in [1.29, 1.82) is 0 Å². The zero-order chi connectivity index (χ0) is 11.4. The standard InChI is InChI=1S/C12H9BF2O/c14-10-3-1-9(2-4-10)13-16-12-7-5-11(15)6-8-12/h1-8,13H. The molecular formula is C12H9BF2O. The van der Waals surface area contributed by atoms with Crippen LogP contribution in [-0.2, 0) is 0 Å². The van der Waals surface area contributed by atoms with Gasteiger partial charge in [0.25, 0.3) is 0 Å².